The lowest BCUT2D eigenvalue weighted by molar-refractivity contribution is 0.401. The SMILES string of the molecule is CCCNC(CCC(NC)C1CC1)c1ccoc1. The van der Waals surface area contributed by atoms with Crippen molar-refractivity contribution in [2.24, 2.45) is 5.92 Å². The van der Waals surface area contributed by atoms with E-state index in [9.17, 15) is 0 Å². The smallest absolute Gasteiger partial charge is 0.0950 e. The maximum atomic E-state index is 5.21. The summed E-state index contributed by atoms with van der Waals surface area (Å²) in [6.07, 6.45) is 10.1. The number of rotatable bonds is 9. The van der Waals surface area contributed by atoms with Crippen molar-refractivity contribution >= 4 is 0 Å². The van der Waals surface area contributed by atoms with Crippen LogP contribution in [0, 0.1) is 5.92 Å². The van der Waals surface area contributed by atoms with Gasteiger partial charge in [0.25, 0.3) is 0 Å². The summed E-state index contributed by atoms with van der Waals surface area (Å²) in [5, 5.41) is 7.09. The van der Waals surface area contributed by atoms with Gasteiger partial charge < -0.3 is 15.1 Å². The van der Waals surface area contributed by atoms with Gasteiger partial charge in [-0.3, -0.25) is 0 Å². The van der Waals surface area contributed by atoms with Crippen LogP contribution >= 0.6 is 0 Å². The van der Waals surface area contributed by atoms with Crippen LogP contribution in [0.15, 0.2) is 23.0 Å². The Balaban J connectivity index is 1.84. The summed E-state index contributed by atoms with van der Waals surface area (Å²) in [7, 11) is 2.09. The molecule has 1 aliphatic rings. The maximum absolute atomic E-state index is 5.21. The van der Waals surface area contributed by atoms with Gasteiger partial charge in [0.1, 0.15) is 0 Å². The number of furan rings is 1. The Hall–Kier alpha value is -0.800. The first-order valence-corrected chi connectivity index (χ1v) is 7.28. The van der Waals surface area contributed by atoms with Gasteiger partial charge in [0, 0.05) is 17.6 Å². The standard InChI is InChI=1S/C15H26N2O/c1-3-9-17-15(13-8-10-18-11-13)7-6-14(16-2)12-4-5-12/h8,10-12,14-17H,3-7,9H2,1-2H3. The predicted molar refractivity (Wildman–Crippen MR) is 74.5 cm³/mol. The van der Waals surface area contributed by atoms with Crippen molar-refractivity contribution in [3.05, 3.63) is 24.2 Å². The van der Waals surface area contributed by atoms with Crippen LogP contribution in [0.3, 0.4) is 0 Å². The highest BCUT2D eigenvalue weighted by atomic mass is 16.3. The molecule has 0 aliphatic heterocycles. The van der Waals surface area contributed by atoms with E-state index in [2.05, 4.69) is 30.7 Å². The van der Waals surface area contributed by atoms with E-state index in [4.69, 9.17) is 4.42 Å². The maximum Gasteiger partial charge on any atom is 0.0950 e. The molecule has 3 heteroatoms. The van der Waals surface area contributed by atoms with Crippen molar-refractivity contribution in [1.29, 1.82) is 0 Å². The van der Waals surface area contributed by atoms with Gasteiger partial charge in [0.05, 0.1) is 12.5 Å². The van der Waals surface area contributed by atoms with Gasteiger partial charge in [-0.05, 0) is 57.7 Å². The molecule has 0 radical (unpaired) electrons. The molecule has 2 N–H and O–H groups in total. The Labute approximate surface area is 110 Å². The molecule has 3 nitrogen and oxygen atoms in total. The van der Waals surface area contributed by atoms with Gasteiger partial charge in [0.15, 0.2) is 0 Å². The zero-order valence-electron chi connectivity index (χ0n) is 11.6. The molecule has 0 bridgehead atoms. The lowest BCUT2D eigenvalue weighted by Gasteiger charge is -2.21. The molecule has 1 aromatic heterocycles. The Kier molecular flexibility index (Phi) is 5.26. The Bertz CT molecular complexity index is 319. The third kappa shape index (κ3) is 3.85. The minimum atomic E-state index is 0.443. The highest BCUT2D eigenvalue weighted by Crippen LogP contribution is 2.35. The summed E-state index contributed by atoms with van der Waals surface area (Å²) >= 11 is 0. The highest BCUT2D eigenvalue weighted by molar-refractivity contribution is 5.11. The number of hydrogen-bond acceptors (Lipinski definition) is 3. The van der Waals surface area contributed by atoms with Crippen LogP contribution in [0.1, 0.15) is 50.6 Å². The molecular formula is C15H26N2O. The second-order valence-electron chi connectivity index (χ2n) is 5.37. The van der Waals surface area contributed by atoms with Crippen LogP contribution in [0.5, 0.6) is 0 Å². The van der Waals surface area contributed by atoms with Gasteiger partial charge in [0.2, 0.25) is 0 Å². The average molecular weight is 250 g/mol. The van der Waals surface area contributed by atoms with Crippen molar-refractivity contribution in [2.45, 2.75) is 51.1 Å². The number of hydrogen-bond donors (Lipinski definition) is 2. The molecule has 2 unspecified atom stereocenters. The zero-order valence-corrected chi connectivity index (χ0v) is 11.6. The third-order valence-electron chi connectivity index (χ3n) is 3.91. The fourth-order valence-corrected chi connectivity index (χ4v) is 2.64. The Morgan fingerprint density at radius 3 is 2.78 bits per heavy atom. The van der Waals surface area contributed by atoms with Crippen molar-refractivity contribution in [2.75, 3.05) is 13.6 Å². The van der Waals surface area contributed by atoms with Crippen LogP contribution in [-0.4, -0.2) is 19.6 Å². The Morgan fingerprint density at radius 1 is 1.39 bits per heavy atom. The lowest BCUT2D eigenvalue weighted by atomic mass is 9.99. The van der Waals surface area contributed by atoms with Gasteiger partial charge in [-0.25, -0.2) is 0 Å². The summed E-state index contributed by atoms with van der Waals surface area (Å²) in [6, 6.07) is 3.22. The summed E-state index contributed by atoms with van der Waals surface area (Å²) in [4.78, 5) is 0. The van der Waals surface area contributed by atoms with E-state index in [1.165, 1.54) is 37.7 Å². The summed E-state index contributed by atoms with van der Waals surface area (Å²) in [5.74, 6) is 0.922. The van der Waals surface area contributed by atoms with Crippen LogP contribution in [-0.2, 0) is 0 Å². The van der Waals surface area contributed by atoms with Crippen molar-refractivity contribution < 1.29 is 4.42 Å². The van der Waals surface area contributed by atoms with Crippen LogP contribution in [0.25, 0.3) is 0 Å². The molecular weight excluding hydrogens is 224 g/mol. The van der Waals surface area contributed by atoms with Crippen LogP contribution in [0.2, 0.25) is 0 Å². The van der Waals surface area contributed by atoms with Gasteiger partial charge in [-0.1, -0.05) is 6.92 Å². The van der Waals surface area contributed by atoms with E-state index in [1.807, 2.05) is 6.26 Å². The summed E-state index contributed by atoms with van der Waals surface area (Å²) < 4.78 is 5.21. The van der Waals surface area contributed by atoms with Crippen molar-refractivity contribution in [1.82, 2.24) is 10.6 Å². The summed E-state index contributed by atoms with van der Waals surface area (Å²) in [6.45, 7) is 3.28. The molecule has 0 saturated heterocycles. The zero-order chi connectivity index (χ0) is 12.8. The lowest BCUT2D eigenvalue weighted by Crippen LogP contribution is -2.30. The van der Waals surface area contributed by atoms with Gasteiger partial charge in [-0.2, -0.15) is 0 Å². The molecule has 0 amide bonds. The molecule has 0 spiro atoms. The Morgan fingerprint density at radius 2 is 2.22 bits per heavy atom. The highest BCUT2D eigenvalue weighted by Gasteiger charge is 2.30. The van der Waals surface area contributed by atoms with Crippen molar-refractivity contribution in [3.63, 3.8) is 0 Å². The molecule has 18 heavy (non-hydrogen) atoms. The average Bonchev–Trinajstić information content (AvgIpc) is 3.08. The third-order valence-corrected chi connectivity index (χ3v) is 3.91. The molecule has 1 fully saturated rings. The summed E-state index contributed by atoms with van der Waals surface area (Å²) in [5.41, 5.74) is 1.29. The molecule has 0 aromatic carbocycles. The van der Waals surface area contributed by atoms with E-state index in [0.29, 0.717) is 12.1 Å². The first kappa shape index (κ1) is 13.6. The second-order valence-corrected chi connectivity index (χ2v) is 5.37. The molecule has 1 aliphatic carbocycles. The quantitative estimate of drug-likeness (QED) is 0.707. The fourth-order valence-electron chi connectivity index (χ4n) is 2.64. The molecule has 1 aromatic rings. The van der Waals surface area contributed by atoms with E-state index < -0.39 is 0 Å². The molecule has 1 saturated carbocycles. The van der Waals surface area contributed by atoms with Gasteiger partial charge in [-0.15, -0.1) is 0 Å². The molecule has 102 valence electrons. The normalized spacial score (nSPS) is 18.8. The monoisotopic (exact) mass is 250 g/mol. The van der Waals surface area contributed by atoms with E-state index >= 15 is 0 Å². The molecule has 1 heterocycles. The first-order chi connectivity index (χ1) is 8.85. The topological polar surface area (TPSA) is 37.2 Å². The van der Waals surface area contributed by atoms with Gasteiger partial charge >= 0.3 is 0 Å². The molecule has 2 rings (SSSR count). The van der Waals surface area contributed by atoms with Crippen LogP contribution in [0.4, 0.5) is 0 Å². The largest absolute Gasteiger partial charge is 0.472 e. The molecule has 2 atom stereocenters. The van der Waals surface area contributed by atoms with E-state index in [0.717, 1.165) is 12.5 Å². The van der Waals surface area contributed by atoms with Crippen molar-refractivity contribution in [3.8, 4) is 0 Å². The van der Waals surface area contributed by atoms with Crippen LogP contribution < -0.4 is 10.6 Å². The fraction of sp³-hybridized carbons (Fsp3) is 0.733. The van der Waals surface area contributed by atoms with E-state index in [-0.39, 0.29) is 0 Å². The number of nitrogens with one attached hydrogen (secondary N) is 2. The second kappa shape index (κ2) is 6.95. The van der Waals surface area contributed by atoms with E-state index in [1.54, 1.807) is 6.26 Å². The predicted octanol–water partition coefficient (Wildman–Crippen LogP) is 3.10. The minimum absolute atomic E-state index is 0.443. The first-order valence-electron chi connectivity index (χ1n) is 7.28. The minimum Gasteiger partial charge on any atom is -0.472 e.